The molecule has 0 aliphatic carbocycles. The molecule has 70 valence electrons. The first kappa shape index (κ1) is 9.48. The van der Waals surface area contributed by atoms with E-state index in [2.05, 4.69) is 5.32 Å². The normalized spacial score (nSPS) is 23.7. The van der Waals surface area contributed by atoms with Crippen LogP contribution in [0.4, 0.5) is 0 Å². The number of carbonyl (C=O) groups excluding carboxylic acids is 1. The number of nitrogens with zero attached hydrogens (tertiary/aromatic N) is 1. The van der Waals surface area contributed by atoms with Gasteiger partial charge in [0.05, 0.1) is 13.2 Å². The molecule has 0 bridgehead atoms. The Morgan fingerprint density at radius 3 is 3.00 bits per heavy atom. The third kappa shape index (κ3) is 2.79. The van der Waals surface area contributed by atoms with Gasteiger partial charge in [0.15, 0.2) is 0 Å². The number of amides is 1. The molecular weight excluding hydrogens is 156 g/mol. The molecule has 1 fully saturated rings. The highest BCUT2D eigenvalue weighted by Gasteiger charge is 2.15. The second kappa shape index (κ2) is 4.42. The largest absolute Gasteiger partial charge is 0.378 e. The Bertz CT molecular complexity index is 155. The number of morpholine rings is 1. The van der Waals surface area contributed by atoms with Crippen LogP contribution in [0.25, 0.3) is 0 Å². The minimum atomic E-state index is 0.0994. The number of hydrogen-bond donors (Lipinski definition) is 1. The van der Waals surface area contributed by atoms with Crippen molar-refractivity contribution in [1.82, 2.24) is 10.2 Å². The third-order valence-corrected chi connectivity index (χ3v) is 2.03. The van der Waals surface area contributed by atoms with Gasteiger partial charge in [-0.25, -0.2) is 0 Å². The van der Waals surface area contributed by atoms with Gasteiger partial charge in [-0.1, -0.05) is 0 Å². The molecule has 1 amide bonds. The molecular formula is C8H16N2O2. The Balaban J connectivity index is 2.24. The number of ether oxygens (including phenoxy) is 1. The molecule has 12 heavy (non-hydrogen) atoms. The number of hydrogen-bond acceptors (Lipinski definition) is 3. The van der Waals surface area contributed by atoms with Crippen molar-refractivity contribution in [3.8, 4) is 0 Å². The van der Waals surface area contributed by atoms with Gasteiger partial charge >= 0.3 is 0 Å². The molecule has 4 heteroatoms. The van der Waals surface area contributed by atoms with Crippen LogP contribution in [0.5, 0.6) is 0 Å². The van der Waals surface area contributed by atoms with Gasteiger partial charge in [0.1, 0.15) is 0 Å². The highest BCUT2D eigenvalue weighted by atomic mass is 16.5. The highest BCUT2D eigenvalue weighted by molar-refractivity contribution is 5.72. The Morgan fingerprint density at radius 1 is 1.75 bits per heavy atom. The van der Waals surface area contributed by atoms with E-state index in [0.717, 1.165) is 19.7 Å². The Kier molecular flexibility index (Phi) is 3.49. The first-order valence-electron chi connectivity index (χ1n) is 4.23. The average Bonchev–Trinajstić information content (AvgIpc) is 2.06. The first-order chi connectivity index (χ1) is 5.70. The molecule has 1 atom stereocenters. The standard InChI is InChI=1S/C8H16N2O2/c1-7(11)10(2)5-8-6-12-4-3-9-8/h8-9H,3-6H2,1-2H3. The van der Waals surface area contributed by atoms with Crippen LogP contribution in [0.3, 0.4) is 0 Å². The van der Waals surface area contributed by atoms with Crippen molar-refractivity contribution in [2.24, 2.45) is 0 Å². The maximum Gasteiger partial charge on any atom is 0.219 e. The van der Waals surface area contributed by atoms with E-state index in [1.807, 2.05) is 0 Å². The number of carbonyl (C=O) groups is 1. The molecule has 0 saturated carbocycles. The van der Waals surface area contributed by atoms with Gasteiger partial charge in [0.2, 0.25) is 5.91 Å². The van der Waals surface area contributed by atoms with Crippen LogP contribution in [-0.4, -0.2) is 50.2 Å². The van der Waals surface area contributed by atoms with Crippen molar-refractivity contribution in [1.29, 1.82) is 0 Å². The van der Waals surface area contributed by atoms with Crippen molar-refractivity contribution in [2.45, 2.75) is 13.0 Å². The molecule has 1 unspecified atom stereocenters. The molecule has 0 aromatic carbocycles. The molecule has 1 saturated heterocycles. The summed E-state index contributed by atoms with van der Waals surface area (Å²) >= 11 is 0. The summed E-state index contributed by atoms with van der Waals surface area (Å²) in [6, 6.07) is 0.299. The first-order valence-corrected chi connectivity index (χ1v) is 4.23. The van der Waals surface area contributed by atoms with Gasteiger partial charge in [-0.15, -0.1) is 0 Å². The summed E-state index contributed by atoms with van der Waals surface area (Å²) in [5.74, 6) is 0.0994. The van der Waals surface area contributed by atoms with E-state index in [-0.39, 0.29) is 5.91 Å². The van der Waals surface area contributed by atoms with Crippen molar-refractivity contribution >= 4 is 5.91 Å². The molecule has 0 aromatic heterocycles. The van der Waals surface area contributed by atoms with E-state index >= 15 is 0 Å². The minimum Gasteiger partial charge on any atom is -0.378 e. The lowest BCUT2D eigenvalue weighted by Crippen LogP contribution is -2.48. The molecule has 0 aromatic rings. The lowest BCUT2D eigenvalue weighted by Gasteiger charge is -2.27. The second-order valence-electron chi connectivity index (χ2n) is 3.13. The second-order valence-corrected chi connectivity index (χ2v) is 3.13. The average molecular weight is 172 g/mol. The Hall–Kier alpha value is -0.610. The summed E-state index contributed by atoms with van der Waals surface area (Å²) < 4.78 is 5.26. The minimum absolute atomic E-state index is 0.0994. The van der Waals surface area contributed by atoms with E-state index in [1.54, 1.807) is 18.9 Å². The number of nitrogens with one attached hydrogen (secondary N) is 1. The molecule has 1 rings (SSSR count). The van der Waals surface area contributed by atoms with Crippen LogP contribution >= 0.6 is 0 Å². The molecule has 4 nitrogen and oxygen atoms in total. The maximum absolute atomic E-state index is 10.9. The number of rotatable bonds is 2. The van der Waals surface area contributed by atoms with Crippen molar-refractivity contribution in [3.63, 3.8) is 0 Å². The zero-order valence-electron chi connectivity index (χ0n) is 7.67. The summed E-state index contributed by atoms with van der Waals surface area (Å²) in [5, 5.41) is 3.29. The van der Waals surface area contributed by atoms with Crippen LogP contribution in [-0.2, 0) is 9.53 Å². The summed E-state index contributed by atoms with van der Waals surface area (Å²) in [5.41, 5.74) is 0. The molecule has 1 aliphatic heterocycles. The van der Waals surface area contributed by atoms with Gasteiger partial charge in [-0.2, -0.15) is 0 Å². The van der Waals surface area contributed by atoms with Gasteiger partial charge in [0.25, 0.3) is 0 Å². The van der Waals surface area contributed by atoms with Crippen LogP contribution in [0.2, 0.25) is 0 Å². The Morgan fingerprint density at radius 2 is 2.50 bits per heavy atom. The lowest BCUT2D eigenvalue weighted by atomic mass is 10.2. The number of likely N-dealkylation sites (N-methyl/N-ethyl adjacent to an activating group) is 1. The van der Waals surface area contributed by atoms with Gasteiger partial charge in [0, 0.05) is 33.1 Å². The quantitative estimate of drug-likeness (QED) is 0.608. The Labute approximate surface area is 72.9 Å². The predicted octanol–water partition coefficient (Wildman–Crippen LogP) is -0.547. The smallest absolute Gasteiger partial charge is 0.219 e. The van der Waals surface area contributed by atoms with Crippen LogP contribution in [0.1, 0.15) is 6.92 Å². The van der Waals surface area contributed by atoms with E-state index in [0.29, 0.717) is 12.6 Å². The highest BCUT2D eigenvalue weighted by Crippen LogP contribution is 1.95. The summed E-state index contributed by atoms with van der Waals surface area (Å²) in [6.45, 7) is 4.67. The fraction of sp³-hybridized carbons (Fsp3) is 0.875. The zero-order chi connectivity index (χ0) is 8.97. The van der Waals surface area contributed by atoms with Crippen molar-refractivity contribution in [2.75, 3.05) is 33.4 Å². The van der Waals surface area contributed by atoms with Gasteiger partial charge in [-0.3, -0.25) is 4.79 Å². The monoisotopic (exact) mass is 172 g/mol. The summed E-state index contributed by atoms with van der Waals surface area (Å²) in [4.78, 5) is 12.6. The van der Waals surface area contributed by atoms with E-state index in [9.17, 15) is 4.79 Å². The molecule has 0 radical (unpaired) electrons. The molecule has 1 N–H and O–H groups in total. The van der Waals surface area contributed by atoms with Crippen molar-refractivity contribution < 1.29 is 9.53 Å². The maximum atomic E-state index is 10.9. The molecule has 1 heterocycles. The van der Waals surface area contributed by atoms with Gasteiger partial charge in [-0.05, 0) is 0 Å². The van der Waals surface area contributed by atoms with E-state index < -0.39 is 0 Å². The van der Waals surface area contributed by atoms with Crippen LogP contribution < -0.4 is 5.32 Å². The zero-order valence-corrected chi connectivity index (χ0v) is 7.67. The van der Waals surface area contributed by atoms with Gasteiger partial charge < -0.3 is 15.0 Å². The van der Waals surface area contributed by atoms with E-state index in [4.69, 9.17) is 4.74 Å². The van der Waals surface area contributed by atoms with E-state index in [1.165, 1.54) is 0 Å². The summed E-state index contributed by atoms with van der Waals surface area (Å²) in [6.07, 6.45) is 0. The lowest BCUT2D eigenvalue weighted by molar-refractivity contribution is -0.128. The molecule has 1 aliphatic rings. The van der Waals surface area contributed by atoms with Crippen LogP contribution in [0, 0.1) is 0 Å². The van der Waals surface area contributed by atoms with Crippen molar-refractivity contribution in [3.05, 3.63) is 0 Å². The van der Waals surface area contributed by atoms with Crippen LogP contribution in [0.15, 0.2) is 0 Å². The molecule has 0 spiro atoms. The third-order valence-electron chi connectivity index (χ3n) is 2.03. The summed E-state index contributed by atoms with van der Waals surface area (Å²) in [7, 11) is 1.80. The predicted molar refractivity (Wildman–Crippen MR) is 45.9 cm³/mol. The topological polar surface area (TPSA) is 41.6 Å². The SMILES string of the molecule is CC(=O)N(C)CC1COCCN1. The fourth-order valence-corrected chi connectivity index (χ4v) is 1.20. The fourth-order valence-electron chi connectivity index (χ4n) is 1.20.